The number of methoxy groups -OCH3 is 1. The van der Waals surface area contributed by atoms with E-state index < -0.39 is 29.3 Å². The number of ether oxygens (including phenoxy) is 1. The molecule has 0 aromatic heterocycles. The first-order valence-corrected chi connectivity index (χ1v) is 5.59. The number of aliphatic hydroxyl groups is 1. The molecule has 0 radical (unpaired) electrons. The number of anilines is 1. The zero-order valence-electron chi connectivity index (χ0n) is 9.54. The molecule has 1 unspecified atom stereocenters. The average molecular weight is 280 g/mol. The minimum atomic E-state index is -1.30. The molecule has 0 bridgehead atoms. The van der Waals surface area contributed by atoms with E-state index in [1.165, 1.54) is 6.07 Å². The highest BCUT2D eigenvalue weighted by Gasteiger charge is 2.19. The Balaban J connectivity index is 2.90. The van der Waals surface area contributed by atoms with Crippen LogP contribution in [0.2, 0.25) is 0 Å². The van der Waals surface area contributed by atoms with Crippen LogP contribution in [0, 0.1) is 11.6 Å². The number of halogens is 3. The third kappa shape index (κ3) is 3.30. The van der Waals surface area contributed by atoms with E-state index in [0.29, 0.717) is 0 Å². The van der Waals surface area contributed by atoms with Gasteiger partial charge in [-0.05, 0) is 12.1 Å². The smallest absolute Gasteiger partial charge is 0.340 e. The Morgan fingerprint density at radius 3 is 2.72 bits per heavy atom. The summed E-state index contributed by atoms with van der Waals surface area (Å²) in [5.41, 5.74) is -0.650. The monoisotopic (exact) mass is 279 g/mol. The second kappa shape index (κ2) is 6.51. The number of nitrogens with one attached hydrogen (secondary N) is 1. The maximum atomic E-state index is 13.6. The van der Waals surface area contributed by atoms with Crippen LogP contribution in [0.4, 0.5) is 14.5 Å². The first kappa shape index (κ1) is 14.7. The summed E-state index contributed by atoms with van der Waals surface area (Å²) in [6.07, 6.45) is -0.880. The van der Waals surface area contributed by atoms with E-state index in [9.17, 15) is 18.7 Å². The number of aliphatic hydroxyl groups excluding tert-OH is 1. The van der Waals surface area contributed by atoms with Gasteiger partial charge in [0.25, 0.3) is 0 Å². The molecule has 0 aliphatic heterocycles. The quantitative estimate of drug-likeness (QED) is 0.637. The molecule has 0 saturated heterocycles. The van der Waals surface area contributed by atoms with Gasteiger partial charge in [0.1, 0.15) is 0 Å². The molecule has 1 atom stereocenters. The lowest BCUT2D eigenvalue weighted by molar-refractivity contribution is 0.0594. The molecule has 100 valence electrons. The summed E-state index contributed by atoms with van der Waals surface area (Å²) in [4.78, 5) is 11.1. The van der Waals surface area contributed by atoms with Gasteiger partial charge in [0.05, 0.1) is 30.3 Å². The largest absolute Gasteiger partial charge is 0.465 e. The van der Waals surface area contributed by atoms with Crippen LogP contribution in [0.15, 0.2) is 12.1 Å². The van der Waals surface area contributed by atoms with Gasteiger partial charge in [0.15, 0.2) is 11.6 Å². The van der Waals surface area contributed by atoms with E-state index >= 15 is 0 Å². The van der Waals surface area contributed by atoms with Gasteiger partial charge in [0, 0.05) is 6.54 Å². The molecule has 0 spiro atoms. The molecule has 4 nitrogen and oxygen atoms in total. The van der Waals surface area contributed by atoms with Crippen molar-refractivity contribution in [2.24, 2.45) is 0 Å². The maximum absolute atomic E-state index is 13.6. The number of hydrogen-bond acceptors (Lipinski definition) is 4. The van der Waals surface area contributed by atoms with E-state index in [0.717, 1.165) is 13.2 Å². The van der Waals surface area contributed by atoms with E-state index in [-0.39, 0.29) is 18.1 Å². The van der Waals surface area contributed by atoms with Crippen LogP contribution in [0.3, 0.4) is 0 Å². The third-order valence-corrected chi connectivity index (χ3v) is 2.55. The fourth-order valence-electron chi connectivity index (χ4n) is 1.24. The van der Waals surface area contributed by atoms with Crippen molar-refractivity contribution < 1.29 is 23.4 Å². The zero-order valence-corrected chi connectivity index (χ0v) is 10.3. The van der Waals surface area contributed by atoms with Crippen LogP contribution in [0.25, 0.3) is 0 Å². The van der Waals surface area contributed by atoms with Crippen molar-refractivity contribution in [1.29, 1.82) is 0 Å². The standard InChI is InChI=1S/C11H12ClF2NO3/c1-18-11(17)7-2-3-8(10(14)9(7)13)15-5-6(16)4-12/h2-3,6,15-16H,4-5H2,1H3. The highest BCUT2D eigenvalue weighted by molar-refractivity contribution is 6.18. The van der Waals surface area contributed by atoms with Crippen LogP contribution in [-0.2, 0) is 4.74 Å². The lowest BCUT2D eigenvalue weighted by atomic mass is 10.1. The van der Waals surface area contributed by atoms with Crippen LogP contribution >= 0.6 is 11.6 Å². The van der Waals surface area contributed by atoms with Gasteiger partial charge < -0.3 is 15.2 Å². The summed E-state index contributed by atoms with van der Waals surface area (Å²) in [5.74, 6) is -3.50. The minimum absolute atomic E-state index is 0.0303. The molecule has 18 heavy (non-hydrogen) atoms. The Hall–Kier alpha value is -1.40. The SMILES string of the molecule is COC(=O)c1ccc(NCC(O)CCl)c(F)c1F. The lowest BCUT2D eigenvalue weighted by Gasteiger charge is -2.12. The van der Waals surface area contributed by atoms with E-state index in [4.69, 9.17) is 11.6 Å². The number of rotatable bonds is 5. The van der Waals surface area contributed by atoms with Crippen molar-refractivity contribution in [2.75, 3.05) is 24.9 Å². The summed E-state index contributed by atoms with van der Waals surface area (Å²) in [6.45, 7) is -0.0303. The summed E-state index contributed by atoms with van der Waals surface area (Å²) in [5, 5.41) is 11.7. The Morgan fingerprint density at radius 2 is 2.17 bits per heavy atom. The van der Waals surface area contributed by atoms with Crippen molar-refractivity contribution in [3.8, 4) is 0 Å². The van der Waals surface area contributed by atoms with Crippen LogP contribution < -0.4 is 5.32 Å². The number of hydrogen-bond donors (Lipinski definition) is 2. The highest BCUT2D eigenvalue weighted by Crippen LogP contribution is 2.21. The molecule has 7 heteroatoms. The highest BCUT2D eigenvalue weighted by atomic mass is 35.5. The predicted octanol–water partition coefficient (Wildman–Crippen LogP) is 1.76. The van der Waals surface area contributed by atoms with Gasteiger partial charge in [-0.15, -0.1) is 11.6 Å². The van der Waals surface area contributed by atoms with E-state index in [1.807, 2.05) is 0 Å². The fraction of sp³-hybridized carbons (Fsp3) is 0.364. The molecule has 0 aliphatic rings. The van der Waals surface area contributed by atoms with Crippen LogP contribution in [0.1, 0.15) is 10.4 Å². The molecular weight excluding hydrogens is 268 g/mol. The van der Waals surface area contributed by atoms with Crippen molar-refractivity contribution in [1.82, 2.24) is 0 Å². The summed E-state index contributed by atoms with van der Waals surface area (Å²) in [7, 11) is 1.07. The molecule has 0 amide bonds. The molecule has 0 aliphatic carbocycles. The average Bonchev–Trinajstić information content (AvgIpc) is 2.39. The second-order valence-electron chi connectivity index (χ2n) is 3.47. The fourth-order valence-corrected chi connectivity index (χ4v) is 1.35. The molecule has 0 heterocycles. The van der Waals surface area contributed by atoms with Gasteiger partial charge in [-0.25, -0.2) is 13.6 Å². The molecular formula is C11H12ClF2NO3. The van der Waals surface area contributed by atoms with Gasteiger partial charge >= 0.3 is 5.97 Å². The van der Waals surface area contributed by atoms with Crippen molar-refractivity contribution in [3.05, 3.63) is 29.3 Å². The van der Waals surface area contributed by atoms with Crippen LogP contribution in [0.5, 0.6) is 0 Å². The first-order valence-electron chi connectivity index (χ1n) is 5.05. The third-order valence-electron chi connectivity index (χ3n) is 2.19. The molecule has 0 fully saturated rings. The molecule has 1 rings (SSSR count). The van der Waals surface area contributed by atoms with Gasteiger partial charge in [-0.3, -0.25) is 0 Å². The summed E-state index contributed by atoms with van der Waals surface area (Å²) < 4.78 is 31.4. The Kier molecular flexibility index (Phi) is 5.30. The lowest BCUT2D eigenvalue weighted by Crippen LogP contribution is -2.21. The van der Waals surface area contributed by atoms with Crippen molar-refractivity contribution in [2.45, 2.75) is 6.10 Å². The normalized spacial score (nSPS) is 12.1. The molecule has 2 N–H and O–H groups in total. The number of esters is 1. The van der Waals surface area contributed by atoms with Gasteiger partial charge in [0.2, 0.25) is 0 Å². The first-order chi connectivity index (χ1) is 8.51. The topological polar surface area (TPSA) is 58.6 Å². The molecule has 0 saturated carbocycles. The number of benzene rings is 1. The summed E-state index contributed by atoms with van der Waals surface area (Å²) >= 11 is 5.36. The Bertz CT molecular complexity index is 443. The predicted molar refractivity (Wildman–Crippen MR) is 62.9 cm³/mol. The van der Waals surface area contributed by atoms with E-state index in [1.54, 1.807) is 0 Å². The summed E-state index contributed by atoms with van der Waals surface area (Å²) in [6, 6.07) is 2.28. The number of alkyl halides is 1. The maximum Gasteiger partial charge on any atom is 0.340 e. The second-order valence-corrected chi connectivity index (χ2v) is 3.78. The van der Waals surface area contributed by atoms with Crippen molar-refractivity contribution >= 4 is 23.3 Å². The Morgan fingerprint density at radius 1 is 1.50 bits per heavy atom. The molecule has 1 aromatic carbocycles. The van der Waals surface area contributed by atoms with Gasteiger partial charge in [-0.1, -0.05) is 0 Å². The number of carbonyl (C=O) groups excluding carboxylic acids is 1. The van der Waals surface area contributed by atoms with E-state index in [2.05, 4.69) is 10.1 Å². The molecule has 1 aromatic rings. The zero-order chi connectivity index (χ0) is 13.7. The Labute approximate surface area is 108 Å². The van der Waals surface area contributed by atoms with Gasteiger partial charge in [-0.2, -0.15) is 0 Å². The van der Waals surface area contributed by atoms with Crippen molar-refractivity contribution in [3.63, 3.8) is 0 Å². The number of carbonyl (C=O) groups is 1. The van der Waals surface area contributed by atoms with Crippen LogP contribution in [-0.4, -0.2) is 36.7 Å². The minimum Gasteiger partial charge on any atom is -0.465 e.